The summed E-state index contributed by atoms with van der Waals surface area (Å²) >= 11 is 0.954. The van der Waals surface area contributed by atoms with Crippen LogP contribution in [-0.4, -0.2) is 29.4 Å². The van der Waals surface area contributed by atoms with Crippen molar-refractivity contribution in [2.45, 2.75) is 10.6 Å². The first-order chi connectivity index (χ1) is 13.8. The molecular formula is C18H14N4O5S2. The predicted octanol–water partition coefficient (Wildman–Crippen LogP) is 3.07. The second-order valence-electron chi connectivity index (χ2n) is 5.75. The summed E-state index contributed by atoms with van der Waals surface area (Å²) in [5.74, 6) is -0.848. The minimum atomic E-state index is -3.56. The molecular weight excluding hydrogens is 416 g/mol. The Balaban J connectivity index is 1.63. The fraction of sp³-hybridized carbons (Fsp3) is 0.0556. The Bertz CT molecular complexity index is 1170. The first-order valence-electron chi connectivity index (χ1n) is 8.17. The fourth-order valence-corrected chi connectivity index (χ4v) is 4.66. The van der Waals surface area contributed by atoms with Crippen LogP contribution in [0.4, 0.5) is 10.8 Å². The van der Waals surface area contributed by atoms with Crippen molar-refractivity contribution in [1.29, 1.82) is 0 Å². The van der Waals surface area contributed by atoms with Gasteiger partial charge in [-0.1, -0.05) is 41.7 Å². The molecule has 0 spiro atoms. The van der Waals surface area contributed by atoms with E-state index < -0.39 is 20.7 Å². The third-order valence-corrected chi connectivity index (χ3v) is 6.29. The number of nitrogens with zero attached hydrogens (tertiary/aromatic N) is 3. The predicted molar refractivity (Wildman–Crippen MR) is 108 cm³/mol. The van der Waals surface area contributed by atoms with Gasteiger partial charge in [0.1, 0.15) is 10.8 Å². The molecule has 0 saturated heterocycles. The van der Waals surface area contributed by atoms with E-state index in [1.165, 1.54) is 42.5 Å². The molecule has 0 radical (unpaired) electrons. The van der Waals surface area contributed by atoms with Crippen LogP contribution in [-0.2, 0) is 20.4 Å². The van der Waals surface area contributed by atoms with E-state index in [-0.39, 0.29) is 26.5 Å². The zero-order valence-electron chi connectivity index (χ0n) is 14.8. The van der Waals surface area contributed by atoms with Gasteiger partial charge in [-0.05, 0) is 23.8 Å². The number of hydrogen-bond acceptors (Lipinski definition) is 8. The monoisotopic (exact) mass is 430 g/mol. The lowest BCUT2D eigenvalue weighted by atomic mass is 10.2. The number of carbonyl (C=O) groups excluding carboxylic acids is 1. The van der Waals surface area contributed by atoms with Crippen LogP contribution in [0.3, 0.4) is 0 Å². The van der Waals surface area contributed by atoms with Crippen molar-refractivity contribution in [1.82, 2.24) is 10.2 Å². The Morgan fingerprint density at radius 1 is 1.14 bits per heavy atom. The van der Waals surface area contributed by atoms with Crippen LogP contribution in [0.1, 0.15) is 10.6 Å². The zero-order chi connectivity index (χ0) is 20.9. The summed E-state index contributed by atoms with van der Waals surface area (Å²) in [6.07, 6.45) is 2.62. The lowest BCUT2D eigenvalue weighted by Crippen LogP contribution is -2.07. The van der Waals surface area contributed by atoms with Crippen molar-refractivity contribution < 1.29 is 18.1 Å². The summed E-state index contributed by atoms with van der Waals surface area (Å²) in [5.41, 5.74) is 0.405. The highest BCUT2D eigenvalue weighted by Crippen LogP contribution is 2.21. The largest absolute Gasteiger partial charge is 0.297 e. The number of anilines is 1. The second-order valence-corrected chi connectivity index (χ2v) is 8.80. The van der Waals surface area contributed by atoms with Crippen molar-refractivity contribution in [3.05, 3.63) is 81.4 Å². The Labute approximate surface area is 169 Å². The molecule has 2 aromatic carbocycles. The normalized spacial score (nSPS) is 11.4. The molecule has 0 atom stereocenters. The summed E-state index contributed by atoms with van der Waals surface area (Å²) in [6.45, 7) is 0. The fourth-order valence-electron chi connectivity index (χ4n) is 2.30. The molecule has 11 heteroatoms. The molecule has 0 bridgehead atoms. The molecule has 9 nitrogen and oxygen atoms in total. The molecule has 1 N–H and O–H groups in total. The average Bonchev–Trinajstić information content (AvgIpc) is 3.13. The number of nitro groups is 1. The lowest BCUT2D eigenvalue weighted by Gasteiger charge is -2.00. The molecule has 0 aliphatic carbocycles. The SMILES string of the molecule is O=C(/C=C/c1cccc([N+](=O)[O-])c1)Nc1nnc(CS(=O)(=O)c2ccccc2)s1. The number of hydrogen-bond donors (Lipinski definition) is 1. The number of rotatable bonds is 7. The standard InChI is InChI=1S/C18H14N4O5S2/c23-16(10-9-13-5-4-6-14(11-13)22(24)25)19-18-21-20-17(28-18)12-29(26,27)15-7-2-1-3-8-15/h1-11H,12H2,(H,19,21,23)/b10-9+. The van der Waals surface area contributed by atoms with Gasteiger partial charge in [-0.15, -0.1) is 10.2 Å². The quantitative estimate of drug-likeness (QED) is 0.346. The third kappa shape index (κ3) is 5.53. The molecule has 0 saturated carbocycles. The van der Waals surface area contributed by atoms with Gasteiger partial charge >= 0.3 is 0 Å². The highest BCUT2D eigenvalue weighted by molar-refractivity contribution is 7.90. The topological polar surface area (TPSA) is 132 Å². The van der Waals surface area contributed by atoms with Crippen LogP contribution < -0.4 is 5.32 Å². The average molecular weight is 430 g/mol. The first-order valence-corrected chi connectivity index (χ1v) is 10.6. The highest BCUT2D eigenvalue weighted by atomic mass is 32.2. The van der Waals surface area contributed by atoms with Gasteiger partial charge in [-0.2, -0.15) is 0 Å². The van der Waals surface area contributed by atoms with Gasteiger partial charge in [0.25, 0.3) is 5.69 Å². The van der Waals surface area contributed by atoms with E-state index >= 15 is 0 Å². The summed E-state index contributed by atoms with van der Waals surface area (Å²) in [7, 11) is -3.56. The van der Waals surface area contributed by atoms with Crippen LogP contribution in [0.15, 0.2) is 65.6 Å². The maximum absolute atomic E-state index is 12.4. The van der Waals surface area contributed by atoms with Crippen molar-refractivity contribution in [2.24, 2.45) is 0 Å². The summed E-state index contributed by atoms with van der Waals surface area (Å²) in [4.78, 5) is 22.4. The van der Waals surface area contributed by atoms with Crippen LogP contribution in [0.2, 0.25) is 0 Å². The number of nitrogens with one attached hydrogen (secondary N) is 1. The van der Waals surface area contributed by atoms with Crippen molar-refractivity contribution in [3.63, 3.8) is 0 Å². The van der Waals surface area contributed by atoms with Crippen LogP contribution in [0, 0.1) is 10.1 Å². The number of amides is 1. The first kappa shape index (κ1) is 20.3. The summed E-state index contributed by atoms with van der Waals surface area (Å²) in [6, 6.07) is 13.8. The number of carbonyl (C=O) groups is 1. The van der Waals surface area contributed by atoms with E-state index in [0.717, 1.165) is 11.3 Å². The lowest BCUT2D eigenvalue weighted by molar-refractivity contribution is -0.384. The van der Waals surface area contributed by atoms with Gasteiger partial charge in [0, 0.05) is 18.2 Å². The molecule has 1 aromatic heterocycles. The molecule has 0 unspecified atom stereocenters. The minimum absolute atomic E-state index is 0.0825. The van der Waals surface area contributed by atoms with Crippen molar-refractivity contribution in [3.8, 4) is 0 Å². The van der Waals surface area contributed by atoms with E-state index in [1.807, 2.05) is 0 Å². The molecule has 0 fully saturated rings. The van der Waals surface area contributed by atoms with Gasteiger partial charge < -0.3 is 0 Å². The van der Waals surface area contributed by atoms with E-state index in [1.54, 1.807) is 24.3 Å². The maximum atomic E-state index is 12.4. The molecule has 148 valence electrons. The van der Waals surface area contributed by atoms with E-state index in [2.05, 4.69) is 15.5 Å². The summed E-state index contributed by atoms with van der Waals surface area (Å²) in [5, 5.41) is 21.2. The molecule has 0 aliphatic rings. The molecule has 3 aromatic rings. The highest BCUT2D eigenvalue weighted by Gasteiger charge is 2.18. The number of sulfone groups is 1. The Kier molecular flexibility index (Phi) is 6.10. The zero-order valence-corrected chi connectivity index (χ0v) is 16.4. The van der Waals surface area contributed by atoms with Crippen LogP contribution >= 0.6 is 11.3 Å². The Morgan fingerprint density at radius 2 is 1.90 bits per heavy atom. The van der Waals surface area contributed by atoms with Crippen LogP contribution in [0.5, 0.6) is 0 Å². The molecule has 0 aliphatic heterocycles. The van der Waals surface area contributed by atoms with E-state index in [4.69, 9.17) is 0 Å². The van der Waals surface area contributed by atoms with Crippen LogP contribution in [0.25, 0.3) is 6.08 Å². The maximum Gasteiger partial charge on any atom is 0.270 e. The van der Waals surface area contributed by atoms with Gasteiger partial charge in [-0.25, -0.2) is 8.42 Å². The third-order valence-electron chi connectivity index (χ3n) is 3.62. The van der Waals surface area contributed by atoms with Gasteiger partial charge in [-0.3, -0.25) is 20.2 Å². The van der Waals surface area contributed by atoms with E-state index in [0.29, 0.717) is 5.56 Å². The summed E-state index contributed by atoms with van der Waals surface area (Å²) < 4.78 is 24.7. The molecule has 1 amide bonds. The number of non-ortho nitro benzene ring substituents is 1. The smallest absolute Gasteiger partial charge is 0.270 e. The molecule has 29 heavy (non-hydrogen) atoms. The number of nitro benzene ring substituents is 1. The van der Waals surface area contributed by atoms with E-state index in [9.17, 15) is 23.3 Å². The van der Waals surface area contributed by atoms with Crippen molar-refractivity contribution >= 4 is 44.0 Å². The van der Waals surface area contributed by atoms with Gasteiger partial charge in [0.2, 0.25) is 11.0 Å². The Morgan fingerprint density at radius 3 is 2.62 bits per heavy atom. The molecule has 3 rings (SSSR count). The number of aromatic nitrogens is 2. The van der Waals surface area contributed by atoms with Crippen molar-refractivity contribution in [2.75, 3.05) is 5.32 Å². The molecule has 1 heterocycles. The second kappa shape index (κ2) is 8.71. The van der Waals surface area contributed by atoms with Gasteiger partial charge in [0.15, 0.2) is 9.84 Å². The number of benzene rings is 2. The minimum Gasteiger partial charge on any atom is -0.297 e. The van der Waals surface area contributed by atoms with Gasteiger partial charge in [0.05, 0.1) is 9.82 Å². The Hall–Kier alpha value is -3.44.